The SMILES string of the molecule is COc1cc(Oc2ccc(C(C)C)cc2)c(F)cc1N. The monoisotopic (exact) mass is 275 g/mol. The molecule has 20 heavy (non-hydrogen) atoms. The van der Waals surface area contributed by atoms with Gasteiger partial charge in [0.15, 0.2) is 11.6 Å². The second-order valence-corrected chi connectivity index (χ2v) is 4.85. The molecule has 0 aliphatic carbocycles. The first-order valence-corrected chi connectivity index (χ1v) is 6.42. The molecule has 2 N–H and O–H groups in total. The van der Waals surface area contributed by atoms with Crippen molar-refractivity contribution >= 4 is 5.69 Å². The Labute approximate surface area is 118 Å². The van der Waals surface area contributed by atoms with Crippen LogP contribution < -0.4 is 15.2 Å². The Hall–Kier alpha value is -2.23. The summed E-state index contributed by atoms with van der Waals surface area (Å²) in [5, 5.41) is 0. The third kappa shape index (κ3) is 3.02. The van der Waals surface area contributed by atoms with E-state index in [1.807, 2.05) is 24.3 Å². The van der Waals surface area contributed by atoms with Crippen molar-refractivity contribution in [1.82, 2.24) is 0 Å². The Bertz CT molecular complexity index is 594. The summed E-state index contributed by atoms with van der Waals surface area (Å²) in [4.78, 5) is 0. The molecule has 0 aliphatic heterocycles. The summed E-state index contributed by atoms with van der Waals surface area (Å²) < 4.78 is 24.4. The minimum atomic E-state index is -0.517. The number of benzene rings is 2. The number of rotatable bonds is 4. The summed E-state index contributed by atoms with van der Waals surface area (Å²) in [5.41, 5.74) is 7.07. The summed E-state index contributed by atoms with van der Waals surface area (Å²) in [5.74, 6) is 0.974. The van der Waals surface area contributed by atoms with Gasteiger partial charge in [-0.25, -0.2) is 4.39 Å². The van der Waals surface area contributed by atoms with Crippen LogP contribution in [0.3, 0.4) is 0 Å². The van der Waals surface area contributed by atoms with Gasteiger partial charge in [-0.15, -0.1) is 0 Å². The first-order chi connectivity index (χ1) is 9.51. The van der Waals surface area contributed by atoms with Crippen LogP contribution in [0.2, 0.25) is 0 Å². The van der Waals surface area contributed by atoms with Crippen LogP contribution in [0.1, 0.15) is 25.3 Å². The van der Waals surface area contributed by atoms with E-state index in [0.29, 0.717) is 17.4 Å². The van der Waals surface area contributed by atoms with Gasteiger partial charge < -0.3 is 15.2 Å². The van der Waals surface area contributed by atoms with Crippen molar-refractivity contribution in [1.29, 1.82) is 0 Å². The predicted octanol–water partition coefficient (Wildman–Crippen LogP) is 4.33. The maximum atomic E-state index is 13.8. The molecule has 2 aromatic carbocycles. The Morgan fingerprint density at radius 1 is 1.05 bits per heavy atom. The van der Waals surface area contributed by atoms with Crippen LogP contribution in [-0.4, -0.2) is 7.11 Å². The van der Waals surface area contributed by atoms with E-state index in [1.54, 1.807) is 0 Å². The Balaban J connectivity index is 2.25. The maximum absolute atomic E-state index is 13.8. The largest absolute Gasteiger partial charge is 0.494 e. The molecule has 0 spiro atoms. The predicted molar refractivity (Wildman–Crippen MR) is 78.0 cm³/mol. The number of nitrogens with two attached hydrogens (primary N) is 1. The second kappa shape index (κ2) is 5.82. The molecule has 0 aromatic heterocycles. The molecule has 0 amide bonds. The minimum Gasteiger partial charge on any atom is -0.494 e. The van der Waals surface area contributed by atoms with Gasteiger partial charge in [-0.1, -0.05) is 26.0 Å². The molecule has 0 heterocycles. The van der Waals surface area contributed by atoms with Crippen LogP contribution in [0.4, 0.5) is 10.1 Å². The molecule has 0 fully saturated rings. The average molecular weight is 275 g/mol. The molecule has 0 saturated heterocycles. The second-order valence-electron chi connectivity index (χ2n) is 4.85. The van der Waals surface area contributed by atoms with Crippen LogP contribution >= 0.6 is 0 Å². The number of halogens is 1. The molecule has 0 unspecified atom stereocenters. The fourth-order valence-electron chi connectivity index (χ4n) is 1.85. The Morgan fingerprint density at radius 2 is 1.70 bits per heavy atom. The molecule has 0 bridgehead atoms. The molecule has 2 rings (SSSR count). The minimum absolute atomic E-state index is 0.0911. The first kappa shape index (κ1) is 14.2. The highest BCUT2D eigenvalue weighted by atomic mass is 19.1. The number of methoxy groups -OCH3 is 1. The maximum Gasteiger partial charge on any atom is 0.168 e. The molecule has 0 aliphatic rings. The highest BCUT2D eigenvalue weighted by Gasteiger charge is 2.10. The zero-order valence-electron chi connectivity index (χ0n) is 11.8. The Morgan fingerprint density at radius 3 is 2.25 bits per heavy atom. The lowest BCUT2D eigenvalue weighted by molar-refractivity contribution is 0.403. The fraction of sp³-hybridized carbons (Fsp3) is 0.250. The number of nitrogen functional groups attached to an aromatic ring is 1. The number of ether oxygens (including phenoxy) is 2. The third-order valence-electron chi connectivity index (χ3n) is 3.06. The van der Waals surface area contributed by atoms with Crippen LogP contribution in [0, 0.1) is 5.82 Å². The lowest BCUT2D eigenvalue weighted by Gasteiger charge is -2.11. The number of hydrogen-bond acceptors (Lipinski definition) is 3. The van der Waals surface area contributed by atoms with Crippen LogP contribution in [0.5, 0.6) is 17.2 Å². The lowest BCUT2D eigenvalue weighted by atomic mass is 10.0. The van der Waals surface area contributed by atoms with Gasteiger partial charge >= 0.3 is 0 Å². The summed E-state index contributed by atoms with van der Waals surface area (Å²) >= 11 is 0. The zero-order chi connectivity index (χ0) is 14.7. The third-order valence-corrected chi connectivity index (χ3v) is 3.06. The molecule has 0 radical (unpaired) electrons. The van der Waals surface area contributed by atoms with E-state index in [4.69, 9.17) is 15.2 Å². The molecule has 0 saturated carbocycles. The fourth-order valence-corrected chi connectivity index (χ4v) is 1.85. The average Bonchev–Trinajstić information content (AvgIpc) is 2.42. The van der Waals surface area contributed by atoms with Crippen LogP contribution in [0.15, 0.2) is 36.4 Å². The van der Waals surface area contributed by atoms with Crippen molar-refractivity contribution in [3.05, 3.63) is 47.8 Å². The highest BCUT2D eigenvalue weighted by Crippen LogP contribution is 2.33. The summed E-state index contributed by atoms with van der Waals surface area (Å²) in [7, 11) is 1.48. The molecule has 3 nitrogen and oxygen atoms in total. The van der Waals surface area contributed by atoms with E-state index in [2.05, 4.69) is 13.8 Å². The van der Waals surface area contributed by atoms with E-state index in [-0.39, 0.29) is 11.4 Å². The molecule has 0 atom stereocenters. The van der Waals surface area contributed by atoms with Gasteiger partial charge in [0.05, 0.1) is 12.8 Å². The molecule has 2 aromatic rings. The van der Waals surface area contributed by atoms with Gasteiger partial charge in [-0.3, -0.25) is 0 Å². The van der Waals surface area contributed by atoms with E-state index in [9.17, 15) is 4.39 Å². The Kier molecular flexibility index (Phi) is 4.13. The van der Waals surface area contributed by atoms with E-state index in [1.165, 1.54) is 24.8 Å². The quantitative estimate of drug-likeness (QED) is 0.844. The number of anilines is 1. The van der Waals surface area contributed by atoms with Crippen molar-refractivity contribution in [2.75, 3.05) is 12.8 Å². The van der Waals surface area contributed by atoms with Crippen molar-refractivity contribution in [3.63, 3.8) is 0 Å². The molecular weight excluding hydrogens is 257 g/mol. The summed E-state index contributed by atoms with van der Waals surface area (Å²) in [6.07, 6.45) is 0. The highest BCUT2D eigenvalue weighted by molar-refractivity contribution is 5.56. The van der Waals surface area contributed by atoms with Gasteiger partial charge in [0, 0.05) is 12.1 Å². The normalized spacial score (nSPS) is 10.7. The summed E-state index contributed by atoms with van der Waals surface area (Å²) in [6.45, 7) is 4.22. The van der Waals surface area contributed by atoms with Gasteiger partial charge in [0.25, 0.3) is 0 Å². The van der Waals surface area contributed by atoms with Gasteiger partial charge in [0.2, 0.25) is 0 Å². The molecular formula is C16H18FNO2. The smallest absolute Gasteiger partial charge is 0.168 e. The molecule has 106 valence electrons. The van der Waals surface area contributed by atoms with Crippen molar-refractivity contribution in [2.24, 2.45) is 0 Å². The zero-order valence-corrected chi connectivity index (χ0v) is 11.8. The topological polar surface area (TPSA) is 44.5 Å². The van der Waals surface area contributed by atoms with Crippen LogP contribution in [-0.2, 0) is 0 Å². The summed E-state index contributed by atoms with van der Waals surface area (Å²) in [6, 6.07) is 10.2. The lowest BCUT2D eigenvalue weighted by Crippen LogP contribution is -1.96. The van der Waals surface area contributed by atoms with Crippen molar-refractivity contribution < 1.29 is 13.9 Å². The van der Waals surface area contributed by atoms with Gasteiger partial charge in [-0.2, -0.15) is 0 Å². The first-order valence-electron chi connectivity index (χ1n) is 6.42. The molecule has 4 heteroatoms. The van der Waals surface area contributed by atoms with Crippen molar-refractivity contribution in [3.8, 4) is 17.2 Å². The van der Waals surface area contributed by atoms with E-state index >= 15 is 0 Å². The van der Waals surface area contributed by atoms with Gasteiger partial charge in [0.1, 0.15) is 11.5 Å². The van der Waals surface area contributed by atoms with E-state index in [0.717, 1.165) is 0 Å². The van der Waals surface area contributed by atoms with Gasteiger partial charge in [-0.05, 0) is 23.6 Å². The number of hydrogen-bond donors (Lipinski definition) is 1. The van der Waals surface area contributed by atoms with E-state index < -0.39 is 5.82 Å². The van der Waals surface area contributed by atoms with Crippen molar-refractivity contribution in [2.45, 2.75) is 19.8 Å². The standard InChI is InChI=1S/C16H18FNO2/c1-10(2)11-4-6-12(7-5-11)20-15-9-16(19-3)14(18)8-13(15)17/h4-10H,18H2,1-3H3. The van der Waals surface area contributed by atoms with Crippen LogP contribution in [0.25, 0.3) is 0 Å².